The van der Waals surface area contributed by atoms with Crippen LogP contribution >= 0.6 is 23.2 Å². The summed E-state index contributed by atoms with van der Waals surface area (Å²) in [6, 6.07) is 10.8. The largest absolute Gasteiger partial charge is 0.461 e. The van der Waals surface area contributed by atoms with Gasteiger partial charge in [-0.1, -0.05) is 41.4 Å². The second-order valence-electron chi connectivity index (χ2n) is 5.20. The molecule has 0 aliphatic rings. The Morgan fingerprint density at radius 1 is 1.08 bits per heavy atom. The molecule has 0 aliphatic carbocycles. The van der Waals surface area contributed by atoms with Crippen LogP contribution in [0.4, 0.5) is 11.4 Å². The van der Waals surface area contributed by atoms with Crippen molar-refractivity contribution in [1.82, 2.24) is 0 Å². The van der Waals surface area contributed by atoms with E-state index in [1.807, 2.05) is 0 Å². The zero-order valence-corrected chi connectivity index (χ0v) is 14.9. The minimum Gasteiger partial charge on any atom is -0.461 e. The summed E-state index contributed by atoms with van der Waals surface area (Å²) < 4.78 is 4.99. The first-order chi connectivity index (χ1) is 12.4. The molecule has 26 heavy (non-hydrogen) atoms. The molecule has 9 heteroatoms. The summed E-state index contributed by atoms with van der Waals surface area (Å²) in [4.78, 5) is 34.0. The second-order valence-corrected chi connectivity index (χ2v) is 5.98. The number of esters is 1. The molecule has 0 radical (unpaired) electrons. The summed E-state index contributed by atoms with van der Waals surface area (Å²) >= 11 is 11.8. The lowest BCUT2D eigenvalue weighted by molar-refractivity contribution is -0.385. The van der Waals surface area contributed by atoms with Crippen molar-refractivity contribution in [3.63, 3.8) is 0 Å². The summed E-state index contributed by atoms with van der Waals surface area (Å²) in [7, 11) is 0. The highest BCUT2D eigenvalue weighted by Crippen LogP contribution is 2.29. The Morgan fingerprint density at radius 3 is 2.54 bits per heavy atom. The van der Waals surface area contributed by atoms with E-state index in [0.29, 0.717) is 10.7 Å². The second kappa shape index (κ2) is 9.17. The van der Waals surface area contributed by atoms with Crippen LogP contribution in [0.2, 0.25) is 10.0 Å². The Kier molecular flexibility index (Phi) is 6.94. The molecule has 136 valence electrons. The highest BCUT2D eigenvalue weighted by Gasteiger charge is 2.15. The molecule has 1 amide bonds. The Bertz CT molecular complexity index is 842. The number of hydrogen-bond acceptors (Lipinski definition) is 5. The number of anilines is 1. The van der Waals surface area contributed by atoms with Gasteiger partial charge in [-0.25, -0.2) is 0 Å². The van der Waals surface area contributed by atoms with Gasteiger partial charge in [0.2, 0.25) is 5.91 Å². The van der Waals surface area contributed by atoms with Crippen molar-refractivity contribution >= 4 is 46.5 Å². The Balaban J connectivity index is 1.83. The van der Waals surface area contributed by atoms with Gasteiger partial charge in [0.1, 0.15) is 6.61 Å². The third-order valence-corrected chi connectivity index (χ3v) is 4.18. The average molecular weight is 397 g/mol. The lowest BCUT2D eigenvalue weighted by Crippen LogP contribution is -2.15. The fourth-order valence-corrected chi connectivity index (χ4v) is 2.42. The highest BCUT2D eigenvalue weighted by atomic mass is 35.5. The molecule has 2 aromatic rings. The van der Waals surface area contributed by atoms with Crippen molar-refractivity contribution in [2.24, 2.45) is 0 Å². The molecule has 0 saturated carbocycles. The number of rotatable bonds is 7. The summed E-state index contributed by atoms with van der Waals surface area (Å²) in [5.41, 5.74) is 0.493. The van der Waals surface area contributed by atoms with E-state index >= 15 is 0 Å². The number of carbonyl (C=O) groups is 2. The summed E-state index contributed by atoms with van der Waals surface area (Å²) in [5.74, 6) is -1.08. The monoisotopic (exact) mass is 396 g/mol. The Morgan fingerprint density at radius 2 is 1.81 bits per heavy atom. The van der Waals surface area contributed by atoms with Crippen LogP contribution in [0.15, 0.2) is 42.5 Å². The number of amides is 1. The van der Waals surface area contributed by atoms with Crippen molar-refractivity contribution in [2.45, 2.75) is 19.4 Å². The first-order valence-corrected chi connectivity index (χ1v) is 8.26. The van der Waals surface area contributed by atoms with E-state index < -0.39 is 16.8 Å². The summed E-state index contributed by atoms with van der Waals surface area (Å²) in [6.07, 6.45) is -0.302. The van der Waals surface area contributed by atoms with Gasteiger partial charge >= 0.3 is 5.97 Å². The van der Waals surface area contributed by atoms with Crippen molar-refractivity contribution < 1.29 is 19.2 Å². The number of hydrogen-bond donors (Lipinski definition) is 1. The maximum absolute atomic E-state index is 11.9. The van der Waals surface area contributed by atoms with Crippen LogP contribution in [0.5, 0.6) is 0 Å². The molecular formula is C17H14Cl2N2O5. The molecule has 2 rings (SSSR count). The van der Waals surface area contributed by atoms with Crippen LogP contribution < -0.4 is 5.32 Å². The van der Waals surface area contributed by atoms with Gasteiger partial charge in [0.05, 0.1) is 32.6 Å². The molecule has 0 aromatic heterocycles. The minimum atomic E-state index is -0.643. The molecule has 1 N–H and O–H groups in total. The number of nitro benzene ring substituents is 1. The number of nitrogens with zero attached hydrogens (tertiary/aromatic N) is 1. The van der Waals surface area contributed by atoms with Gasteiger partial charge in [-0.3, -0.25) is 19.7 Å². The number of para-hydroxylation sites is 1. The number of carbonyl (C=O) groups excluding carboxylic acids is 2. The zero-order valence-electron chi connectivity index (χ0n) is 13.4. The molecule has 0 atom stereocenters. The van der Waals surface area contributed by atoms with Crippen LogP contribution in [0.3, 0.4) is 0 Å². The highest BCUT2D eigenvalue weighted by molar-refractivity contribution is 6.43. The van der Waals surface area contributed by atoms with Crippen LogP contribution in [0.25, 0.3) is 0 Å². The van der Waals surface area contributed by atoms with E-state index in [9.17, 15) is 19.7 Å². The van der Waals surface area contributed by atoms with E-state index in [1.165, 1.54) is 18.2 Å². The minimum absolute atomic E-state index is 0.126. The fourth-order valence-electron chi connectivity index (χ4n) is 2.07. The van der Waals surface area contributed by atoms with Gasteiger partial charge in [-0.2, -0.15) is 0 Å². The number of benzene rings is 2. The molecule has 0 heterocycles. The van der Waals surface area contributed by atoms with Crippen LogP contribution in [-0.2, 0) is 20.9 Å². The van der Waals surface area contributed by atoms with Gasteiger partial charge < -0.3 is 10.1 Å². The predicted molar refractivity (Wildman–Crippen MR) is 97.2 cm³/mol. The van der Waals surface area contributed by atoms with Gasteiger partial charge in [0.25, 0.3) is 5.69 Å². The molecule has 2 aromatic carbocycles. The van der Waals surface area contributed by atoms with Crippen molar-refractivity contribution in [3.05, 3.63) is 68.2 Å². The zero-order chi connectivity index (χ0) is 19.1. The maximum atomic E-state index is 11.9. The lowest BCUT2D eigenvalue weighted by Gasteiger charge is -2.08. The molecule has 0 spiro atoms. The SMILES string of the molecule is O=C(CCC(=O)OCc1ccccc1[N+](=O)[O-])Nc1cccc(Cl)c1Cl. The van der Waals surface area contributed by atoms with Crippen LogP contribution in [0, 0.1) is 10.1 Å². The van der Waals surface area contributed by atoms with Gasteiger partial charge in [0.15, 0.2) is 0 Å². The topological polar surface area (TPSA) is 98.5 Å². The van der Waals surface area contributed by atoms with Crippen molar-refractivity contribution in [3.8, 4) is 0 Å². The third-order valence-electron chi connectivity index (χ3n) is 3.36. The van der Waals surface area contributed by atoms with Gasteiger partial charge in [-0.15, -0.1) is 0 Å². The van der Waals surface area contributed by atoms with Crippen molar-refractivity contribution in [2.75, 3.05) is 5.32 Å². The molecule has 0 aliphatic heterocycles. The predicted octanol–water partition coefficient (Wildman–Crippen LogP) is 4.36. The van der Waals surface area contributed by atoms with E-state index in [2.05, 4.69) is 5.32 Å². The number of halogens is 2. The normalized spacial score (nSPS) is 10.2. The molecule has 7 nitrogen and oxygen atoms in total. The maximum Gasteiger partial charge on any atom is 0.306 e. The third kappa shape index (κ3) is 5.44. The fraction of sp³-hybridized carbons (Fsp3) is 0.176. The lowest BCUT2D eigenvalue weighted by atomic mass is 10.2. The Hall–Kier alpha value is -2.64. The first kappa shape index (κ1) is 19.7. The van der Waals surface area contributed by atoms with E-state index in [4.69, 9.17) is 27.9 Å². The smallest absolute Gasteiger partial charge is 0.306 e. The van der Waals surface area contributed by atoms with Gasteiger partial charge in [-0.05, 0) is 18.2 Å². The molecule has 0 saturated heterocycles. The quantitative estimate of drug-likeness (QED) is 0.425. The average Bonchev–Trinajstić information content (AvgIpc) is 2.62. The van der Waals surface area contributed by atoms with E-state index in [1.54, 1.807) is 24.3 Å². The summed E-state index contributed by atoms with van der Waals surface area (Å²) in [5, 5.41) is 14.0. The van der Waals surface area contributed by atoms with E-state index in [-0.39, 0.29) is 35.7 Å². The number of nitrogens with one attached hydrogen (secondary N) is 1. The molecular weight excluding hydrogens is 383 g/mol. The Labute approximate surface area is 159 Å². The van der Waals surface area contributed by atoms with Gasteiger partial charge in [0, 0.05) is 12.5 Å². The number of ether oxygens (including phenoxy) is 1. The number of nitro groups is 1. The van der Waals surface area contributed by atoms with Crippen molar-refractivity contribution in [1.29, 1.82) is 0 Å². The standard InChI is InChI=1S/C17H14Cl2N2O5/c18-12-5-3-6-13(17(12)19)20-15(22)8-9-16(23)26-10-11-4-1-2-7-14(11)21(24)25/h1-7H,8-10H2,(H,20,22). The van der Waals surface area contributed by atoms with E-state index in [0.717, 1.165) is 0 Å². The summed E-state index contributed by atoms with van der Waals surface area (Å²) in [6.45, 7) is -0.238. The first-order valence-electron chi connectivity index (χ1n) is 7.50. The van der Waals surface area contributed by atoms with Crippen LogP contribution in [0.1, 0.15) is 18.4 Å². The molecule has 0 bridgehead atoms. The molecule has 0 unspecified atom stereocenters. The molecule has 0 fully saturated rings. The van der Waals surface area contributed by atoms with Crippen LogP contribution in [-0.4, -0.2) is 16.8 Å².